The van der Waals surface area contributed by atoms with E-state index in [-0.39, 0.29) is 11.3 Å². The van der Waals surface area contributed by atoms with Crippen LogP contribution < -0.4 is 5.32 Å². The van der Waals surface area contributed by atoms with Crippen LogP contribution in [0.2, 0.25) is 5.02 Å². The van der Waals surface area contributed by atoms with Crippen molar-refractivity contribution < 1.29 is 23.1 Å². The van der Waals surface area contributed by atoms with Crippen molar-refractivity contribution in [2.24, 2.45) is 0 Å². The van der Waals surface area contributed by atoms with Crippen molar-refractivity contribution in [3.8, 4) is 6.07 Å². The number of nitrogens with zero attached hydrogens (tertiary/aromatic N) is 1. The molecule has 2 aromatic rings. The molecule has 5 nitrogen and oxygen atoms in total. The molecule has 0 fully saturated rings. The second-order valence-corrected chi connectivity index (χ2v) is 4.99. The van der Waals surface area contributed by atoms with Crippen LogP contribution >= 0.6 is 11.6 Å². The average molecular weight is 351 g/mol. The van der Waals surface area contributed by atoms with Crippen LogP contribution in [-0.2, 0) is 9.53 Å². The van der Waals surface area contributed by atoms with Gasteiger partial charge in [0.1, 0.15) is 17.7 Å². The Labute approximate surface area is 140 Å². The van der Waals surface area contributed by atoms with Gasteiger partial charge in [-0.05, 0) is 30.3 Å². The van der Waals surface area contributed by atoms with E-state index in [0.29, 0.717) is 11.1 Å². The molecule has 0 bridgehead atoms. The Morgan fingerprint density at radius 1 is 1.21 bits per heavy atom. The molecule has 2 aromatic carbocycles. The summed E-state index contributed by atoms with van der Waals surface area (Å²) in [6.45, 7) is -0.715. The number of hydrogen-bond donors (Lipinski definition) is 1. The Balaban J connectivity index is 2.00. The molecule has 0 atom stereocenters. The van der Waals surface area contributed by atoms with Crippen LogP contribution in [0.4, 0.5) is 14.5 Å². The van der Waals surface area contributed by atoms with E-state index in [4.69, 9.17) is 16.9 Å². The van der Waals surface area contributed by atoms with Gasteiger partial charge in [0.25, 0.3) is 5.91 Å². The van der Waals surface area contributed by atoms with Crippen molar-refractivity contribution in [2.45, 2.75) is 0 Å². The van der Waals surface area contributed by atoms with Gasteiger partial charge in [-0.15, -0.1) is 0 Å². The molecular weight excluding hydrogens is 342 g/mol. The number of ether oxygens (including phenoxy) is 1. The Morgan fingerprint density at radius 3 is 2.62 bits per heavy atom. The molecule has 0 saturated heterocycles. The second kappa shape index (κ2) is 7.53. The number of anilines is 1. The van der Waals surface area contributed by atoms with Gasteiger partial charge in [-0.1, -0.05) is 11.6 Å². The van der Waals surface area contributed by atoms with E-state index in [9.17, 15) is 18.4 Å². The lowest BCUT2D eigenvalue weighted by Crippen LogP contribution is -2.21. The first-order chi connectivity index (χ1) is 11.4. The van der Waals surface area contributed by atoms with Gasteiger partial charge < -0.3 is 10.1 Å². The first-order valence-electron chi connectivity index (χ1n) is 6.52. The van der Waals surface area contributed by atoms with E-state index in [2.05, 4.69) is 10.1 Å². The van der Waals surface area contributed by atoms with Gasteiger partial charge in [-0.25, -0.2) is 13.6 Å². The zero-order chi connectivity index (χ0) is 17.7. The number of carbonyl (C=O) groups is 2. The zero-order valence-electron chi connectivity index (χ0n) is 12.0. The van der Waals surface area contributed by atoms with Crippen LogP contribution in [0.3, 0.4) is 0 Å². The number of nitrogens with one attached hydrogen (secondary N) is 1. The maximum atomic E-state index is 13.4. The Bertz CT molecular complexity index is 850. The van der Waals surface area contributed by atoms with Crippen molar-refractivity contribution in [2.75, 3.05) is 11.9 Å². The minimum absolute atomic E-state index is 0.152. The van der Waals surface area contributed by atoms with Gasteiger partial charge in [0.05, 0.1) is 16.8 Å². The minimum atomic E-state index is -1.12. The summed E-state index contributed by atoms with van der Waals surface area (Å²) in [5.41, 5.74) is -0.174. The maximum Gasteiger partial charge on any atom is 0.341 e. The van der Waals surface area contributed by atoms with E-state index in [1.54, 1.807) is 0 Å². The summed E-state index contributed by atoms with van der Waals surface area (Å²) in [5.74, 6) is -3.80. The molecule has 0 radical (unpaired) electrons. The van der Waals surface area contributed by atoms with Crippen molar-refractivity contribution in [3.63, 3.8) is 0 Å². The Morgan fingerprint density at radius 2 is 1.96 bits per heavy atom. The average Bonchev–Trinajstić information content (AvgIpc) is 2.53. The lowest BCUT2D eigenvalue weighted by molar-refractivity contribution is -0.119. The molecule has 0 unspecified atom stereocenters. The predicted molar refractivity (Wildman–Crippen MR) is 81.4 cm³/mol. The Hall–Kier alpha value is -2.98. The third-order valence-electron chi connectivity index (χ3n) is 2.86. The summed E-state index contributed by atoms with van der Waals surface area (Å²) in [6, 6.07) is 8.46. The van der Waals surface area contributed by atoms with Gasteiger partial charge in [0.15, 0.2) is 6.61 Å². The van der Waals surface area contributed by atoms with Crippen molar-refractivity contribution in [1.29, 1.82) is 5.26 Å². The summed E-state index contributed by atoms with van der Waals surface area (Å²) in [5, 5.41) is 11.6. The number of halogens is 3. The quantitative estimate of drug-likeness (QED) is 0.858. The van der Waals surface area contributed by atoms with Crippen LogP contribution in [0, 0.1) is 23.0 Å². The van der Waals surface area contributed by atoms with Gasteiger partial charge in [-0.3, -0.25) is 4.79 Å². The van der Waals surface area contributed by atoms with E-state index in [1.807, 2.05) is 6.07 Å². The highest BCUT2D eigenvalue weighted by atomic mass is 35.5. The molecular formula is C16H9ClF2N2O3. The Kier molecular flexibility index (Phi) is 5.45. The molecule has 0 aromatic heterocycles. The van der Waals surface area contributed by atoms with Crippen molar-refractivity contribution in [3.05, 3.63) is 64.2 Å². The molecule has 0 heterocycles. The van der Waals surface area contributed by atoms with Crippen LogP contribution in [0.25, 0.3) is 0 Å². The molecule has 0 aliphatic heterocycles. The predicted octanol–water partition coefficient (Wildman–Crippen LogP) is 3.29. The van der Waals surface area contributed by atoms with Crippen molar-refractivity contribution >= 4 is 29.2 Å². The number of amides is 1. The fourth-order valence-corrected chi connectivity index (χ4v) is 1.94. The summed E-state index contributed by atoms with van der Waals surface area (Å²) in [4.78, 5) is 23.4. The highest BCUT2D eigenvalue weighted by molar-refractivity contribution is 6.31. The zero-order valence-corrected chi connectivity index (χ0v) is 12.7. The molecule has 8 heteroatoms. The van der Waals surface area contributed by atoms with Gasteiger partial charge >= 0.3 is 5.97 Å². The van der Waals surface area contributed by atoms with Crippen LogP contribution in [0.5, 0.6) is 0 Å². The molecule has 0 aliphatic rings. The van der Waals surface area contributed by atoms with Crippen LogP contribution in [0.15, 0.2) is 36.4 Å². The first kappa shape index (κ1) is 17.4. The number of carbonyl (C=O) groups excluding carboxylic acids is 2. The molecule has 0 saturated carbocycles. The highest BCUT2D eigenvalue weighted by Gasteiger charge is 2.16. The number of hydrogen-bond acceptors (Lipinski definition) is 4. The fourth-order valence-electron chi connectivity index (χ4n) is 1.77. The molecule has 1 N–H and O–H groups in total. The molecule has 0 aliphatic carbocycles. The molecule has 122 valence electrons. The first-order valence-corrected chi connectivity index (χ1v) is 6.90. The van der Waals surface area contributed by atoms with Gasteiger partial charge in [0, 0.05) is 11.1 Å². The van der Waals surface area contributed by atoms with E-state index in [0.717, 1.165) is 12.1 Å². The molecule has 24 heavy (non-hydrogen) atoms. The number of nitriles is 1. The maximum absolute atomic E-state index is 13.4. The lowest BCUT2D eigenvalue weighted by atomic mass is 10.2. The summed E-state index contributed by atoms with van der Waals surface area (Å²) in [6.07, 6.45) is 0. The van der Waals surface area contributed by atoms with Crippen LogP contribution in [0.1, 0.15) is 15.9 Å². The van der Waals surface area contributed by atoms with Crippen LogP contribution in [-0.4, -0.2) is 18.5 Å². The standard InChI is InChI=1S/C16H9ClF2N2O3/c17-10-2-1-9(7-20)14(5-10)21-15(22)8-24-16(23)12-4-3-11(18)6-13(12)19/h1-6H,8H2,(H,21,22). The normalized spacial score (nSPS) is 9.92. The van der Waals surface area contributed by atoms with Gasteiger partial charge in [0.2, 0.25) is 0 Å². The summed E-state index contributed by atoms with van der Waals surface area (Å²) < 4.78 is 30.9. The third kappa shape index (κ3) is 4.27. The smallest absolute Gasteiger partial charge is 0.341 e. The molecule has 2 rings (SSSR count). The van der Waals surface area contributed by atoms with Crippen molar-refractivity contribution in [1.82, 2.24) is 0 Å². The minimum Gasteiger partial charge on any atom is -0.452 e. The summed E-state index contributed by atoms with van der Waals surface area (Å²) >= 11 is 5.78. The monoisotopic (exact) mass is 350 g/mol. The SMILES string of the molecule is N#Cc1ccc(Cl)cc1NC(=O)COC(=O)c1ccc(F)cc1F. The topological polar surface area (TPSA) is 79.2 Å². The van der Waals surface area contributed by atoms with E-state index >= 15 is 0 Å². The molecule has 0 spiro atoms. The van der Waals surface area contributed by atoms with E-state index < -0.39 is 35.7 Å². The van der Waals surface area contributed by atoms with E-state index in [1.165, 1.54) is 18.2 Å². The van der Waals surface area contributed by atoms with Gasteiger partial charge in [-0.2, -0.15) is 5.26 Å². The number of esters is 1. The largest absolute Gasteiger partial charge is 0.452 e. The molecule has 1 amide bonds. The number of rotatable bonds is 4. The fraction of sp³-hybridized carbons (Fsp3) is 0.0625. The highest BCUT2D eigenvalue weighted by Crippen LogP contribution is 2.20. The summed E-state index contributed by atoms with van der Waals surface area (Å²) in [7, 11) is 0. The second-order valence-electron chi connectivity index (χ2n) is 4.55. The third-order valence-corrected chi connectivity index (χ3v) is 3.10. The lowest BCUT2D eigenvalue weighted by Gasteiger charge is -2.08. The number of benzene rings is 2.